The molecule has 0 aliphatic carbocycles. The largest absolute Gasteiger partial charge is 0.450 e. The van der Waals surface area contributed by atoms with Crippen molar-refractivity contribution in [2.75, 3.05) is 26.3 Å². The van der Waals surface area contributed by atoms with Gasteiger partial charge in [0.25, 0.3) is 0 Å². The number of amides is 2. The lowest BCUT2D eigenvalue weighted by Crippen LogP contribution is -2.47. The number of nitrogens with zero attached hydrogens (tertiary/aromatic N) is 1. The average molecular weight is 214 g/mol. The number of ether oxygens (including phenoxy) is 2. The summed E-state index contributed by atoms with van der Waals surface area (Å²) in [6, 6.07) is 0.00987. The molecule has 0 saturated carbocycles. The Morgan fingerprint density at radius 3 is 3.20 bits per heavy atom. The number of alkyl carbamates (subject to hydrolysis) is 1. The van der Waals surface area contributed by atoms with Crippen LogP contribution in [-0.2, 0) is 9.47 Å². The van der Waals surface area contributed by atoms with Crippen LogP contribution < -0.4 is 5.32 Å². The molecule has 2 saturated heterocycles. The molecule has 2 amide bonds. The van der Waals surface area contributed by atoms with Crippen molar-refractivity contribution in [3.05, 3.63) is 0 Å². The first-order chi connectivity index (χ1) is 7.20. The SMILES string of the molecule is CCOC(=O)N1CC2COC(=O)NC2C1. The Labute approximate surface area is 87.5 Å². The second-order valence-electron chi connectivity index (χ2n) is 3.71. The highest BCUT2D eigenvalue weighted by atomic mass is 16.6. The van der Waals surface area contributed by atoms with Gasteiger partial charge in [-0.1, -0.05) is 0 Å². The third kappa shape index (κ3) is 1.98. The molecule has 2 fully saturated rings. The molecule has 1 N–H and O–H groups in total. The van der Waals surface area contributed by atoms with Crippen molar-refractivity contribution in [2.24, 2.45) is 5.92 Å². The fraction of sp³-hybridized carbons (Fsp3) is 0.778. The summed E-state index contributed by atoms with van der Waals surface area (Å²) in [5.41, 5.74) is 0. The highest BCUT2D eigenvalue weighted by Gasteiger charge is 2.40. The standard InChI is InChI=1S/C9H14N2O4/c1-2-14-9(13)11-3-6-5-15-8(12)10-7(6)4-11/h6-7H,2-5H2,1H3,(H,10,12). The summed E-state index contributed by atoms with van der Waals surface area (Å²) in [4.78, 5) is 24.0. The maximum absolute atomic E-state index is 11.4. The van der Waals surface area contributed by atoms with Crippen molar-refractivity contribution in [1.29, 1.82) is 0 Å². The normalized spacial score (nSPS) is 29.1. The first-order valence-corrected chi connectivity index (χ1v) is 5.05. The molecule has 84 valence electrons. The van der Waals surface area contributed by atoms with Crippen molar-refractivity contribution < 1.29 is 19.1 Å². The number of rotatable bonds is 1. The molecule has 6 nitrogen and oxygen atoms in total. The fourth-order valence-corrected chi connectivity index (χ4v) is 1.94. The van der Waals surface area contributed by atoms with Crippen LogP contribution >= 0.6 is 0 Å². The van der Waals surface area contributed by atoms with Crippen LogP contribution in [0.25, 0.3) is 0 Å². The predicted octanol–water partition coefficient (Wildman–Crippen LogP) is 0.183. The van der Waals surface area contributed by atoms with Gasteiger partial charge in [0.1, 0.15) is 0 Å². The summed E-state index contributed by atoms with van der Waals surface area (Å²) in [5.74, 6) is 0.187. The number of carbonyl (C=O) groups is 2. The molecule has 0 aromatic heterocycles. The van der Waals surface area contributed by atoms with Crippen LogP contribution in [0.15, 0.2) is 0 Å². The van der Waals surface area contributed by atoms with Gasteiger partial charge in [-0.05, 0) is 6.92 Å². The quantitative estimate of drug-likeness (QED) is 0.676. The molecule has 2 rings (SSSR count). The van der Waals surface area contributed by atoms with Crippen molar-refractivity contribution in [1.82, 2.24) is 10.2 Å². The lowest BCUT2D eigenvalue weighted by atomic mass is 10.0. The van der Waals surface area contributed by atoms with E-state index < -0.39 is 6.09 Å². The molecule has 2 unspecified atom stereocenters. The molecule has 0 spiro atoms. The van der Waals surface area contributed by atoms with Gasteiger partial charge in [-0.3, -0.25) is 0 Å². The van der Waals surface area contributed by atoms with E-state index in [9.17, 15) is 9.59 Å². The zero-order valence-electron chi connectivity index (χ0n) is 8.56. The zero-order chi connectivity index (χ0) is 10.8. The molecule has 2 heterocycles. The maximum atomic E-state index is 11.4. The summed E-state index contributed by atoms with van der Waals surface area (Å²) in [6.45, 7) is 3.62. The molecule has 0 bridgehead atoms. The smallest absolute Gasteiger partial charge is 0.409 e. The highest BCUT2D eigenvalue weighted by Crippen LogP contribution is 2.21. The molecular formula is C9H14N2O4. The van der Waals surface area contributed by atoms with Gasteiger partial charge in [0.15, 0.2) is 0 Å². The van der Waals surface area contributed by atoms with E-state index in [0.717, 1.165) is 0 Å². The van der Waals surface area contributed by atoms with Crippen molar-refractivity contribution in [2.45, 2.75) is 13.0 Å². The lowest BCUT2D eigenvalue weighted by molar-refractivity contribution is 0.0935. The van der Waals surface area contributed by atoms with Gasteiger partial charge in [-0.25, -0.2) is 9.59 Å². The first kappa shape index (κ1) is 10.1. The molecule has 0 aromatic carbocycles. The number of nitrogens with one attached hydrogen (secondary N) is 1. The number of carbonyl (C=O) groups excluding carboxylic acids is 2. The number of hydrogen-bond acceptors (Lipinski definition) is 4. The van der Waals surface area contributed by atoms with E-state index in [2.05, 4.69) is 5.32 Å². The average Bonchev–Trinajstić information content (AvgIpc) is 2.60. The van der Waals surface area contributed by atoms with Crippen LogP contribution in [0, 0.1) is 5.92 Å². The first-order valence-electron chi connectivity index (χ1n) is 5.05. The van der Waals surface area contributed by atoms with Gasteiger partial charge in [-0.2, -0.15) is 0 Å². The Bertz CT molecular complexity index is 281. The Balaban J connectivity index is 1.93. The van der Waals surface area contributed by atoms with E-state index >= 15 is 0 Å². The summed E-state index contributed by atoms with van der Waals surface area (Å²) in [7, 11) is 0. The van der Waals surface area contributed by atoms with Crippen LogP contribution in [0.3, 0.4) is 0 Å². The van der Waals surface area contributed by atoms with Gasteiger partial charge < -0.3 is 19.7 Å². The number of fused-ring (bicyclic) bond motifs is 1. The number of likely N-dealkylation sites (tertiary alicyclic amines) is 1. The van der Waals surface area contributed by atoms with Gasteiger partial charge in [0.05, 0.1) is 19.3 Å². The summed E-state index contributed by atoms with van der Waals surface area (Å²) >= 11 is 0. The molecule has 6 heteroatoms. The number of hydrogen-bond donors (Lipinski definition) is 1. The Morgan fingerprint density at radius 2 is 2.47 bits per heavy atom. The third-order valence-electron chi connectivity index (χ3n) is 2.70. The predicted molar refractivity (Wildman–Crippen MR) is 50.4 cm³/mol. The Kier molecular flexibility index (Phi) is 2.66. The highest BCUT2D eigenvalue weighted by molar-refractivity contribution is 5.71. The topological polar surface area (TPSA) is 67.9 Å². The Hall–Kier alpha value is -1.46. The van der Waals surface area contributed by atoms with E-state index in [1.165, 1.54) is 0 Å². The number of cyclic esters (lactones) is 1. The van der Waals surface area contributed by atoms with Crippen LogP contribution in [0.5, 0.6) is 0 Å². The molecule has 2 atom stereocenters. The van der Waals surface area contributed by atoms with Crippen LogP contribution in [0.2, 0.25) is 0 Å². The van der Waals surface area contributed by atoms with Crippen molar-refractivity contribution in [3.63, 3.8) is 0 Å². The second-order valence-corrected chi connectivity index (χ2v) is 3.71. The van der Waals surface area contributed by atoms with E-state index in [0.29, 0.717) is 26.3 Å². The monoisotopic (exact) mass is 214 g/mol. The fourth-order valence-electron chi connectivity index (χ4n) is 1.94. The minimum Gasteiger partial charge on any atom is -0.450 e. The molecular weight excluding hydrogens is 200 g/mol. The summed E-state index contributed by atoms with van der Waals surface area (Å²) < 4.78 is 9.74. The van der Waals surface area contributed by atoms with E-state index in [4.69, 9.17) is 9.47 Å². The third-order valence-corrected chi connectivity index (χ3v) is 2.70. The molecule has 0 radical (unpaired) electrons. The van der Waals surface area contributed by atoms with E-state index in [1.54, 1.807) is 11.8 Å². The molecule has 0 aromatic rings. The maximum Gasteiger partial charge on any atom is 0.409 e. The minimum atomic E-state index is -0.401. The van der Waals surface area contributed by atoms with E-state index in [-0.39, 0.29) is 18.1 Å². The second kappa shape index (κ2) is 3.96. The van der Waals surface area contributed by atoms with Crippen LogP contribution in [0.1, 0.15) is 6.92 Å². The van der Waals surface area contributed by atoms with Crippen LogP contribution in [0.4, 0.5) is 9.59 Å². The summed E-state index contributed by atoms with van der Waals surface area (Å²) in [5, 5.41) is 2.69. The zero-order valence-corrected chi connectivity index (χ0v) is 8.56. The van der Waals surface area contributed by atoms with Crippen LogP contribution in [-0.4, -0.2) is 49.4 Å². The molecule has 2 aliphatic rings. The van der Waals surface area contributed by atoms with Crippen molar-refractivity contribution in [3.8, 4) is 0 Å². The summed E-state index contributed by atoms with van der Waals surface area (Å²) in [6.07, 6.45) is -0.719. The minimum absolute atomic E-state index is 0.00987. The van der Waals surface area contributed by atoms with Gasteiger partial charge in [0.2, 0.25) is 0 Å². The molecule has 2 aliphatic heterocycles. The van der Waals surface area contributed by atoms with Gasteiger partial charge >= 0.3 is 12.2 Å². The van der Waals surface area contributed by atoms with E-state index in [1.807, 2.05) is 0 Å². The van der Waals surface area contributed by atoms with Gasteiger partial charge in [-0.15, -0.1) is 0 Å². The Morgan fingerprint density at radius 1 is 1.67 bits per heavy atom. The molecule has 15 heavy (non-hydrogen) atoms. The van der Waals surface area contributed by atoms with Gasteiger partial charge in [0, 0.05) is 19.0 Å². The lowest BCUT2D eigenvalue weighted by Gasteiger charge is -2.24. The van der Waals surface area contributed by atoms with Crippen molar-refractivity contribution >= 4 is 12.2 Å².